The summed E-state index contributed by atoms with van der Waals surface area (Å²) in [6, 6.07) is -0.125. The molecule has 1 saturated carbocycles. The SMILES string of the molecule is Cc1cn([C@H]2CC[C@@H](OCP(=O)(O)O)C2)c(=O)[nH]c1=O. The van der Waals surface area contributed by atoms with Gasteiger partial charge in [-0.3, -0.25) is 18.9 Å². The summed E-state index contributed by atoms with van der Waals surface area (Å²) in [4.78, 5) is 42.8. The molecule has 20 heavy (non-hydrogen) atoms. The molecule has 1 aliphatic carbocycles. The van der Waals surface area contributed by atoms with Gasteiger partial charge in [-0.15, -0.1) is 0 Å². The Morgan fingerprint density at radius 1 is 1.45 bits per heavy atom. The van der Waals surface area contributed by atoms with E-state index in [9.17, 15) is 14.2 Å². The molecule has 0 aliphatic heterocycles. The molecule has 0 spiro atoms. The number of aromatic amines is 1. The van der Waals surface area contributed by atoms with Crippen molar-refractivity contribution in [2.45, 2.75) is 38.3 Å². The molecule has 9 heteroatoms. The summed E-state index contributed by atoms with van der Waals surface area (Å²) in [6.07, 6.45) is 2.39. The first-order chi connectivity index (χ1) is 9.26. The first-order valence-electron chi connectivity index (χ1n) is 6.24. The topological polar surface area (TPSA) is 122 Å². The van der Waals surface area contributed by atoms with Gasteiger partial charge in [-0.1, -0.05) is 0 Å². The number of aromatic nitrogens is 2. The average molecular weight is 304 g/mol. The molecule has 1 fully saturated rings. The molecular weight excluding hydrogens is 287 g/mol. The minimum atomic E-state index is -4.17. The second-order valence-electron chi connectivity index (χ2n) is 5.03. The largest absolute Gasteiger partial charge is 0.366 e. The van der Waals surface area contributed by atoms with Gasteiger partial charge >= 0.3 is 13.3 Å². The summed E-state index contributed by atoms with van der Waals surface area (Å²) < 4.78 is 17.4. The molecule has 3 N–H and O–H groups in total. The van der Waals surface area contributed by atoms with E-state index in [1.165, 1.54) is 10.8 Å². The third-order valence-electron chi connectivity index (χ3n) is 3.37. The van der Waals surface area contributed by atoms with Crippen molar-refractivity contribution in [1.29, 1.82) is 0 Å². The number of hydrogen-bond acceptors (Lipinski definition) is 4. The number of nitrogens with zero attached hydrogens (tertiary/aromatic N) is 1. The number of aryl methyl sites for hydroxylation is 1. The molecule has 0 unspecified atom stereocenters. The quantitative estimate of drug-likeness (QED) is 0.678. The van der Waals surface area contributed by atoms with E-state index in [-0.39, 0.29) is 12.1 Å². The Balaban J connectivity index is 2.06. The molecule has 2 atom stereocenters. The lowest BCUT2D eigenvalue weighted by Crippen LogP contribution is -2.32. The van der Waals surface area contributed by atoms with E-state index in [2.05, 4.69) is 4.98 Å². The normalized spacial score (nSPS) is 23.1. The lowest BCUT2D eigenvalue weighted by atomic mass is 10.2. The van der Waals surface area contributed by atoms with Gasteiger partial charge in [0.2, 0.25) is 0 Å². The van der Waals surface area contributed by atoms with E-state index in [4.69, 9.17) is 14.5 Å². The molecule has 8 nitrogen and oxygen atoms in total. The highest BCUT2D eigenvalue weighted by Gasteiger charge is 2.29. The minimum absolute atomic E-state index is 0.125. The molecule has 1 aromatic rings. The van der Waals surface area contributed by atoms with Crippen LogP contribution in [0.15, 0.2) is 15.8 Å². The molecule has 0 bridgehead atoms. The zero-order valence-electron chi connectivity index (χ0n) is 11.0. The van der Waals surface area contributed by atoms with Crippen molar-refractivity contribution in [3.63, 3.8) is 0 Å². The Morgan fingerprint density at radius 3 is 2.80 bits per heavy atom. The van der Waals surface area contributed by atoms with Crippen LogP contribution in [-0.2, 0) is 9.30 Å². The highest BCUT2D eigenvalue weighted by atomic mass is 31.2. The van der Waals surface area contributed by atoms with Crippen molar-refractivity contribution < 1.29 is 19.1 Å². The van der Waals surface area contributed by atoms with Crippen LogP contribution in [-0.4, -0.2) is 31.8 Å². The van der Waals surface area contributed by atoms with E-state index in [1.54, 1.807) is 6.92 Å². The smallest absolute Gasteiger partial charge is 0.350 e. The summed E-state index contributed by atoms with van der Waals surface area (Å²) in [5.41, 5.74) is -0.427. The number of hydrogen-bond donors (Lipinski definition) is 3. The molecule has 0 radical (unpaired) electrons. The predicted octanol–water partition coefficient (Wildman–Crippen LogP) is 0.0904. The van der Waals surface area contributed by atoms with Crippen molar-refractivity contribution in [2.75, 3.05) is 6.35 Å². The van der Waals surface area contributed by atoms with Gasteiger partial charge < -0.3 is 14.5 Å². The van der Waals surface area contributed by atoms with Crippen molar-refractivity contribution in [1.82, 2.24) is 9.55 Å². The molecule has 1 heterocycles. The molecule has 0 amide bonds. The molecule has 0 aromatic carbocycles. The summed E-state index contributed by atoms with van der Waals surface area (Å²) in [5, 5.41) is 0. The second-order valence-corrected chi connectivity index (χ2v) is 6.62. The van der Waals surface area contributed by atoms with Crippen molar-refractivity contribution in [3.05, 3.63) is 32.6 Å². The Kier molecular flexibility index (Phi) is 4.29. The lowest BCUT2D eigenvalue weighted by molar-refractivity contribution is 0.0775. The van der Waals surface area contributed by atoms with Crippen LogP contribution in [0.2, 0.25) is 0 Å². The zero-order valence-corrected chi connectivity index (χ0v) is 11.9. The third kappa shape index (κ3) is 3.67. The van der Waals surface area contributed by atoms with Gasteiger partial charge in [-0.2, -0.15) is 0 Å². The fourth-order valence-electron chi connectivity index (χ4n) is 2.38. The predicted molar refractivity (Wildman–Crippen MR) is 70.7 cm³/mol. The second kappa shape index (κ2) is 5.65. The highest BCUT2D eigenvalue weighted by molar-refractivity contribution is 7.51. The summed E-state index contributed by atoms with van der Waals surface area (Å²) in [7, 11) is -4.17. The first kappa shape index (κ1) is 15.2. The van der Waals surface area contributed by atoms with E-state index >= 15 is 0 Å². The molecule has 0 saturated heterocycles. The van der Waals surface area contributed by atoms with E-state index < -0.39 is 25.2 Å². The van der Waals surface area contributed by atoms with E-state index in [1.807, 2.05) is 0 Å². The standard InChI is InChI=1S/C11H17N2O6P/c1-7-5-13(11(15)12-10(7)14)8-2-3-9(4-8)19-6-20(16,17)18/h5,8-9H,2-4,6H2,1H3,(H,12,14,15)(H2,16,17,18)/t8-,9+/m0/s1. The van der Waals surface area contributed by atoms with Crippen LogP contribution in [0.25, 0.3) is 0 Å². The van der Waals surface area contributed by atoms with Gasteiger partial charge in [0.1, 0.15) is 6.35 Å². The number of nitrogens with one attached hydrogen (secondary N) is 1. The molecule has 2 rings (SSSR count). The van der Waals surface area contributed by atoms with Gasteiger partial charge in [0.05, 0.1) is 6.10 Å². The fourth-order valence-corrected chi connectivity index (χ4v) is 2.79. The van der Waals surface area contributed by atoms with Crippen LogP contribution in [0.4, 0.5) is 0 Å². The molecular formula is C11H17N2O6P. The summed E-state index contributed by atoms with van der Waals surface area (Å²) >= 11 is 0. The van der Waals surface area contributed by atoms with Gasteiger partial charge in [0.25, 0.3) is 5.56 Å². The minimum Gasteiger partial charge on any atom is -0.366 e. The Morgan fingerprint density at radius 2 is 2.15 bits per heavy atom. The van der Waals surface area contributed by atoms with Crippen molar-refractivity contribution in [3.8, 4) is 0 Å². The Hall–Kier alpha value is -1.21. The maximum absolute atomic E-state index is 11.7. The van der Waals surface area contributed by atoms with Gasteiger partial charge in [-0.05, 0) is 26.2 Å². The van der Waals surface area contributed by atoms with Gasteiger partial charge in [0, 0.05) is 17.8 Å². The Bertz CT molecular complexity index is 645. The van der Waals surface area contributed by atoms with E-state index in [0.29, 0.717) is 24.8 Å². The molecule has 112 valence electrons. The number of rotatable bonds is 4. The monoisotopic (exact) mass is 304 g/mol. The van der Waals surface area contributed by atoms with Crippen LogP contribution < -0.4 is 11.2 Å². The molecule has 1 aromatic heterocycles. The van der Waals surface area contributed by atoms with E-state index in [0.717, 1.165) is 0 Å². The fraction of sp³-hybridized carbons (Fsp3) is 0.636. The zero-order chi connectivity index (χ0) is 14.9. The van der Waals surface area contributed by atoms with Crippen LogP contribution in [0, 0.1) is 6.92 Å². The highest BCUT2D eigenvalue weighted by Crippen LogP contribution is 2.38. The number of H-pyrrole nitrogens is 1. The first-order valence-corrected chi connectivity index (χ1v) is 8.04. The van der Waals surface area contributed by atoms with Gasteiger partial charge in [0.15, 0.2) is 0 Å². The summed E-state index contributed by atoms with van der Waals surface area (Å²) in [6.45, 7) is 1.62. The molecule has 1 aliphatic rings. The maximum Gasteiger partial charge on any atom is 0.350 e. The van der Waals surface area contributed by atoms with Gasteiger partial charge in [-0.25, -0.2) is 4.79 Å². The van der Waals surface area contributed by atoms with Crippen molar-refractivity contribution in [2.24, 2.45) is 0 Å². The number of ether oxygens (including phenoxy) is 1. The third-order valence-corrected chi connectivity index (χ3v) is 3.86. The Labute approximate surface area is 114 Å². The van der Waals surface area contributed by atoms with Crippen molar-refractivity contribution >= 4 is 7.60 Å². The van der Waals surface area contributed by atoms with Crippen LogP contribution in [0.1, 0.15) is 30.9 Å². The summed E-state index contributed by atoms with van der Waals surface area (Å²) in [5.74, 6) is 0. The lowest BCUT2D eigenvalue weighted by Gasteiger charge is -2.15. The maximum atomic E-state index is 11.7. The van der Waals surface area contributed by atoms with Crippen LogP contribution in [0.3, 0.4) is 0 Å². The average Bonchev–Trinajstić information content (AvgIpc) is 2.79. The van der Waals surface area contributed by atoms with Crippen LogP contribution in [0.5, 0.6) is 0 Å². The van der Waals surface area contributed by atoms with Crippen LogP contribution >= 0.6 is 7.60 Å².